The van der Waals surface area contributed by atoms with Gasteiger partial charge in [0.15, 0.2) is 5.78 Å². The molecule has 0 bridgehead atoms. The van der Waals surface area contributed by atoms with Gasteiger partial charge in [-0.1, -0.05) is 35.9 Å². The molecule has 0 amide bonds. The largest absolute Gasteiger partial charge is 0.462 e. The molecule has 0 N–H and O–H groups in total. The molecule has 7 nitrogen and oxygen atoms in total. The van der Waals surface area contributed by atoms with Crippen molar-refractivity contribution >= 4 is 38.4 Å². The third kappa shape index (κ3) is 4.45. The monoisotopic (exact) mass is 455 g/mol. The lowest BCUT2D eigenvalue weighted by Crippen LogP contribution is -2.31. The minimum atomic E-state index is -3.71. The summed E-state index contributed by atoms with van der Waals surface area (Å²) >= 11 is 0. The zero-order valence-electron chi connectivity index (χ0n) is 18.5. The van der Waals surface area contributed by atoms with E-state index in [2.05, 4.69) is 6.58 Å². The number of benzene rings is 2. The SMILES string of the molecule is C=CCN(c1cc2oc(-c3ccc(C)cc3)c(C(=O)OCC)c2cc1C(C)=O)S(C)(=O)=O. The van der Waals surface area contributed by atoms with Crippen LogP contribution in [0.15, 0.2) is 53.5 Å². The average Bonchev–Trinajstić information content (AvgIpc) is 3.09. The maximum absolute atomic E-state index is 12.9. The Bertz CT molecular complexity index is 1300. The number of aryl methyl sites for hydroxylation is 1. The second-order valence-electron chi connectivity index (χ2n) is 7.40. The van der Waals surface area contributed by atoms with Crippen LogP contribution in [0.4, 0.5) is 5.69 Å². The molecule has 3 aromatic rings. The molecule has 0 radical (unpaired) electrons. The standard InChI is InChI=1S/C24H25NO6S/c1-6-12-25(32(5,28)29)20-14-21-19(13-18(20)16(4)26)22(24(27)30-7-2)23(31-21)17-10-8-15(3)9-11-17/h6,8-11,13-14H,1,7,12H2,2-5H3. The molecule has 8 heteroatoms. The smallest absolute Gasteiger partial charge is 0.342 e. The number of hydrogen-bond acceptors (Lipinski definition) is 6. The van der Waals surface area contributed by atoms with E-state index in [9.17, 15) is 18.0 Å². The first kappa shape index (κ1) is 23.3. The van der Waals surface area contributed by atoms with Gasteiger partial charge in [-0.05, 0) is 26.8 Å². The number of ether oxygens (including phenoxy) is 1. The zero-order chi connectivity index (χ0) is 23.6. The lowest BCUT2D eigenvalue weighted by molar-refractivity contribution is 0.0528. The molecule has 0 saturated carbocycles. The highest BCUT2D eigenvalue weighted by molar-refractivity contribution is 7.92. The first-order valence-corrected chi connectivity index (χ1v) is 11.9. The fourth-order valence-corrected chi connectivity index (χ4v) is 4.35. The lowest BCUT2D eigenvalue weighted by Gasteiger charge is -2.23. The number of rotatable bonds is 8. The van der Waals surface area contributed by atoms with Crippen LogP contribution in [0.3, 0.4) is 0 Å². The van der Waals surface area contributed by atoms with E-state index in [1.165, 1.54) is 25.1 Å². The van der Waals surface area contributed by atoms with Gasteiger partial charge in [-0.3, -0.25) is 9.10 Å². The summed E-state index contributed by atoms with van der Waals surface area (Å²) in [6, 6.07) is 10.4. The van der Waals surface area contributed by atoms with E-state index in [0.29, 0.717) is 16.7 Å². The number of ketones is 1. The Labute approximate surface area is 187 Å². The van der Waals surface area contributed by atoms with Crippen LogP contribution in [0, 0.1) is 6.92 Å². The Morgan fingerprint density at radius 1 is 1.19 bits per heavy atom. The third-order valence-electron chi connectivity index (χ3n) is 4.94. The van der Waals surface area contributed by atoms with Gasteiger partial charge < -0.3 is 9.15 Å². The van der Waals surface area contributed by atoms with Crippen molar-refractivity contribution in [1.29, 1.82) is 0 Å². The maximum atomic E-state index is 12.9. The summed E-state index contributed by atoms with van der Waals surface area (Å²) in [7, 11) is -3.71. The predicted octanol–water partition coefficient (Wildman–Crippen LogP) is 4.74. The highest BCUT2D eigenvalue weighted by Gasteiger charge is 2.28. The minimum Gasteiger partial charge on any atom is -0.462 e. The Morgan fingerprint density at radius 3 is 2.38 bits per heavy atom. The van der Waals surface area contributed by atoms with Gasteiger partial charge >= 0.3 is 5.97 Å². The van der Waals surface area contributed by atoms with E-state index in [-0.39, 0.29) is 41.3 Å². The molecule has 0 aliphatic heterocycles. The summed E-state index contributed by atoms with van der Waals surface area (Å²) in [6.45, 7) is 8.73. The van der Waals surface area contributed by atoms with Crippen LogP contribution in [0.5, 0.6) is 0 Å². The van der Waals surface area contributed by atoms with Gasteiger partial charge in [-0.2, -0.15) is 0 Å². The molecule has 0 aliphatic carbocycles. The van der Waals surface area contributed by atoms with E-state index >= 15 is 0 Å². The summed E-state index contributed by atoms with van der Waals surface area (Å²) < 4.78 is 37.2. The summed E-state index contributed by atoms with van der Waals surface area (Å²) in [5.41, 5.74) is 2.46. The van der Waals surface area contributed by atoms with E-state index in [0.717, 1.165) is 16.1 Å². The van der Waals surface area contributed by atoms with Crippen molar-refractivity contribution in [2.45, 2.75) is 20.8 Å². The number of Topliss-reactive ketones (excluding diaryl/α,β-unsaturated/α-hetero) is 1. The number of carbonyl (C=O) groups is 2. The van der Waals surface area contributed by atoms with Crippen LogP contribution in [0.25, 0.3) is 22.3 Å². The molecule has 168 valence electrons. The van der Waals surface area contributed by atoms with Gasteiger partial charge in [0, 0.05) is 22.6 Å². The van der Waals surface area contributed by atoms with Crippen molar-refractivity contribution in [3.8, 4) is 11.3 Å². The molecule has 1 heterocycles. The number of hydrogen-bond donors (Lipinski definition) is 0. The predicted molar refractivity (Wildman–Crippen MR) is 125 cm³/mol. The number of sulfonamides is 1. The Kier molecular flexibility index (Phi) is 6.55. The van der Waals surface area contributed by atoms with Gasteiger partial charge in [-0.15, -0.1) is 6.58 Å². The normalized spacial score (nSPS) is 11.4. The second-order valence-corrected chi connectivity index (χ2v) is 9.30. The van der Waals surface area contributed by atoms with E-state index in [1.54, 1.807) is 6.92 Å². The van der Waals surface area contributed by atoms with Crippen molar-refractivity contribution in [1.82, 2.24) is 0 Å². The van der Waals surface area contributed by atoms with Crippen LogP contribution in [0.2, 0.25) is 0 Å². The molecule has 32 heavy (non-hydrogen) atoms. The fourth-order valence-electron chi connectivity index (χ4n) is 3.46. The molecule has 0 unspecified atom stereocenters. The van der Waals surface area contributed by atoms with Crippen molar-refractivity contribution in [3.63, 3.8) is 0 Å². The van der Waals surface area contributed by atoms with Crippen LogP contribution in [-0.4, -0.2) is 39.6 Å². The first-order chi connectivity index (χ1) is 15.1. The number of carbonyl (C=O) groups excluding carboxylic acids is 2. The molecule has 0 spiro atoms. The summed E-state index contributed by atoms with van der Waals surface area (Å²) in [5.74, 6) is -0.651. The van der Waals surface area contributed by atoms with Crippen LogP contribution in [-0.2, 0) is 14.8 Å². The van der Waals surface area contributed by atoms with E-state index in [1.807, 2.05) is 31.2 Å². The highest BCUT2D eigenvalue weighted by Crippen LogP contribution is 2.38. The molecule has 0 saturated heterocycles. The van der Waals surface area contributed by atoms with Gasteiger partial charge in [-0.25, -0.2) is 13.2 Å². The Morgan fingerprint density at radius 2 is 1.84 bits per heavy atom. The van der Waals surface area contributed by atoms with E-state index < -0.39 is 16.0 Å². The van der Waals surface area contributed by atoms with Crippen LogP contribution >= 0.6 is 0 Å². The van der Waals surface area contributed by atoms with Gasteiger partial charge in [0.25, 0.3) is 0 Å². The molecule has 1 aromatic heterocycles. The Hall–Kier alpha value is -3.39. The number of esters is 1. The molecule has 0 atom stereocenters. The van der Waals surface area contributed by atoms with Gasteiger partial charge in [0.2, 0.25) is 10.0 Å². The van der Waals surface area contributed by atoms with E-state index in [4.69, 9.17) is 9.15 Å². The average molecular weight is 456 g/mol. The van der Waals surface area contributed by atoms with Crippen LogP contribution < -0.4 is 4.31 Å². The zero-order valence-corrected chi connectivity index (χ0v) is 19.3. The lowest BCUT2D eigenvalue weighted by atomic mass is 10.0. The summed E-state index contributed by atoms with van der Waals surface area (Å²) in [4.78, 5) is 25.3. The molecule has 0 aliphatic rings. The highest BCUT2D eigenvalue weighted by atomic mass is 32.2. The molecule has 0 fully saturated rings. The van der Waals surface area contributed by atoms with Crippen molar-refractivity contribution in [3.05, 3.63) is 65.7 Å². The third-order valence-corrected chi connectivity index (χ3v) is 6.09. The van der Waals surface area contributed by atoms with Gasteiger partial charge in [0.05, 0.1) is 25.1 Å². The van der Waals surface area contributed by atoms with Gasteiger partial charge in [0.1, 0.15) is 16.9 Å². The van der Waals surface area contributed by atoms with Crippen molar-refractivity contribution < 1.29 is 27.2 Å². The quantitative estimate of drug-likeness (QED) is 0.277. The summed E-state index contributed by atoms with van der Waals surface area (Å²) in [6.07, 6.45) is 2.48. The Balaban J connectivity index is 2.39. The number of anilines is 1. The molecule has 3 rings (SSSR count). The maximum Gasteiger partial charge on any atom is 0.342 e. The first-order valence-electron chi connectivity index (χ1n) is 10.0. The summed E-state index contributed by atoms with van der Waals surface area (Å²) in [5, 5.41) is 0.375. The second kappa shape index (κ2) is 9.00. The van der Waals surface area contributed by atoms with Crippen molar-refractivity contribution in [2.24, 2.45) is 0 Å². The molecule has 2 aromatic carbocycles. The minimum absolute atomic E-state index is 0.0269. The number of furan rings is 1. The number of fused-ring (bicyclic) bond motifs is 1. The number of nitrogens with zero attached hydrogens (tertiary/aromatic N) is 1. The van der Waals surface area contributed by atoms with Crippen LogP contribution in [0.1, 0.15) is 40.1 Å². The topological polar surface area (TPSA) is 93.9 Å². The van der Waals surface area contributed by atoms with Crippen molar-refractivity contribution in [2.75, 3.05) is 23.7 Å². The fraction of sp³-hybridized carbons (Fsp3) is 0.250. The molecular formula is C24H25NO6S. The molecular weight excluding hydrogens is 430 g/mol.